The molecule has 1 aliphatic heterocycles. The fraction of sp³-hybridized carbons (Fsp3) is 0.231. The second-order valence-electron chi connectivity index (χ2n) is 7.95. The first-order valence-corrected chi connectivity index (χ1v) is 12.8. The molecule has 2 heterocycles. The Bertz CT molecular complexity index is 1570. The van der Waals surface area contributed by atoms with Gasteiger partial charge < -0.3 is 19.3 Å². The van der Waals surface area contributed by atoms with Gasteiger partial charge in [-0.15, -0.1) is 0 Å². The second-order valence-corrected chi connectivity index (χ2v) is 9.81. The monoisotopic (exact) mass is 586 g/mol. The average Bonchev–Trinajstić information content (AvgIpc) is 3.17. The molecule has 3 aromatic rings. The number of aliphatic carboxylic acids is 1. The number of carboxylic acids is 1. The molecule has 0 amide bonds. The van der Waals surface area contributed by atoms with Gasteiger partial charge in [0.25, 0.3) is 5.56 Å². The Labute approximate surface area is 224 Å². The summed E-state index contributed by atoms with van der Waals surface area (Å²) in [7, 11) is 1.56. The molecule has 192 valence electrons. The fourth-order valence-corrected chi connectivity index (χ4v) is 5.47. The third-order valence-corrected chi connectivity index (χ3v) is 7.16. The second kappa shape index (κ2) is 11.1. The Morgan fingerprint density at radius 3 is 2.57 bits per heavy atom. The number of esters is 1. The van der Waals surface area contributed by atoms with E-state index in [2.05, 4.69) is 20.9 Å². The van der Waals surface area contributed by atoms with Crippen LogP contribution in [0.5, 0.6) is 11.5 Å². The average molecular weight is 587 g/mol. The number of carbonyl (C=O) groups is 2. The number of aromatic nitrogens is 1. The van der Waals surface area contributed by atoms with Crippen molar-refractivity contribution >= 4 is 45.3 Å². The van der Waals surface area contributed by atoms with Gasteiger partial charge in [0, 0.05) is 0 Å². The van der Waals surface area contributed by atoms with Crippen molar-refractivity contribution in [3.63, 3.8) is 0 Å². The Kier molecular flexibility index (Phi) is 7.94. The molecule has 2 aromatic carbocycles. The molecule has 4 rings (SSSR count). The number of nitrogens with zero attached hydrogens (tertiary/aromatic N) is 2. The van der Waals surface area contributed by atoms with Gasteiger partial charge in [-0.3, -0.25) is 9.36 Å². The minimum Gasteiger partial charge on any atom is -0.497 e. The number of halogens is 1. The van der Waals surface area contributed by atoms with E-state index in [1.807, 2.05) is 12.1 Å². The largest absolute Gasteiger partial charge is 0.497 e. The molecular weight excluding hydrogens is 564 g/mol. The first kappa shape index (κ1) is 26.4. The van der Waals surface area contributed by atoms with Crippen LogP contribution in [0, 0.1) is 0 Å². The van der Waals surface area contributed by atoms with Crippen LogP contribution < -0.4 is 24.4 Å². The molecule has 1 N–H and O–H groups in total. The van der Waals surface area contributed by atoms with E-state index in [0.717, 1.165) is 0 Å². The van der Waals surface area contributed by atoms with Crippen molar-refractivity contribution in [1.82, 2.24) is 4.57 Å². The van der Waals surface area contributed by atoms with E-state index in [1.165, 1.54) is 15.9 Å². The topological polar surface area (TPSA) is 116 Å². The van der Waals surface area contributed by atoms with Gasteiger partial charge in [0.2, 0.25) is 0 Å². The molecule has 0 fully saturated rings. The zero-order valence-electron chi connectivity index (χ0n) is 20.2. The molecule has 9 nitrogen and oxygen atoms in total. The van der Waals surface area contributed by atoms with Gasteiger partial charge in [-0.05, 0) is 71.2 Å². The van der Waals surface area contributed by atoms with Crippen LogP contribution in [-0.4, -0.2) is 41.9 Å². The Morgan fingerprint density at radius 1 is 1.22 bits per heavy atom. The first-order valence-electron chi connectivity index (χ1n) is 11.2. The third kappa shape index (κ3) is 5.52. The van der Waals surface area contributed by atoms with Crippen molar-refractivity contribution in [2.24, 2.45) is 4.99 Å². The summed E-state index contributed by atoms with van der Waals surface area (Å²) in [5.74, 6) is -0.591. The van der Waals surface area contributed by atoms with Gasteiger partial charge in [-0.2, -0.15) is 0 Å². The molecule has 0 unspecified atom stereocenters. The van der Waals surface area contributed by atoms with Crippen LogP contribution >= 0.6 is 27.3 Å². The van der Waals surface area contributed by atoms with Crippen LogP contribution in [0.1, 0.15) is 31.0 Å². The van der Waals surface area contributed by atoms with Crippen LogP contribution in [0.15, 0.2) is 68.0 Å². The Hall–Kier alpha value is -3.70. The zero-order chi connectivity index (χ0) is 26.7. The Balaban J connectivity index is 1.83. The number of hydrogen-bond donors (Lipinski definition) is 1. The minimum atomic E-state index is -1.08. The number of fused-ring (bicyclic) bond motifs is 1. The summed E-state index contributed by atoms with van der Waals surface area (Å²) in [6, 6.07) is 11.5. The number of hydrogen-bond acceptors (Lipinski definition) is 8. The molecule has 0 saturated heterocycles. The number of ether oxygens (including phenoxy) is 3. The highest BCUT2D eigenvalue weighted by atomic mass is 79.9. The van der Waals surface area contributed by atoms with E-state index < -0.39 is 24.6 Å². The maximum absolute atomic E-state index is 13.7. The summed E-state index contributed by atoms with van der Waals surface area (Å²) in [6.07, 6.45) is 1.71. The molecule has 0 radical (unpaired) electrons. The van der Waals surface area contributed by atoms with E-state index in [0.29, 0.717) is 47.7 Å². The number of methoxy groups -OCH3 is 1. The molecule has 1 aromatic heterocycles. The zero-order valence-corrected chi connectivity index (χ0v) is 22.6. The summed E-state index contributed by atoms with van der Waals surface area (Å²) in [5.41, 5.74) is 1.89. The third-order valence-electron chi connectivity index (χ3n) is 5.55. The Morgan fingerprint density at radius 2 is 1.95 bits per heavy atom. The molecule has 1 aliphatic rings. The van der Waals surface area contributed by atoms with E-state index in [4.69, 9.17) is 19.3 Å². The standard InChI is InChI=1S/C26H23BrN2O7S/c1-4-35-25(33)22-14(2)28-26-29(23(22)16-6-8-17(34-3)9-7-16)24(32)20(37-26)12-15-5-10-19(18(27)11-15)36-13-21(30)31/h5-12,23H,4,13H2,1-3H3,(H,30,31)/b20-12+/t23-/m0/s1. The minimum absolute atomic E-state index is 0.191. The highest BCUT2D eigenvalue weighted by Gasteiger charge is 2.33. The van der Waals surface area contributed by atoms with E-state index in [1.54, 1.807) is 57.4 Å². The summed E-state index contributed by atoms with van der Waals surface area (Å²) in [5, 5.41) is 8.83. The molecule has 1 atom stereocenters. The number of benzene rings is 2. The quantitative estimate of drug-likeness (QED) is 0.403. The predicted molar refractivity (Wildman–Crippen MR) is 141 cm³/mol. The number of thiazole rings is 1. The van der Waals surface area contributed by atoms with Crippen LogP contribution in [-0.2, 0) is 14.3 Å². The summed E-state index contributed by atoms with van der Waals surface area (Å²) in [6.45, 7) is 3.18. The lowest BCUT2D eigenvalue weighted by Crippen LogP contribution is -2.39. The normalized spacial score (nSPS) is 15.1. The van der Waals surface area contributed by atoms with Crippen molar-refractivity contribution in [1.29, 1.82) is 0 Å². The lowest BCUT2D eigenvalue weighted by molar-refractivity contribution is -0.140. The maximum atomic E-state index is 13.7. The number of rotatable bonds is 8. The SMILES string of the molecule is CCOC(=O)C1=C(C)N=c2s/c(=C/c3ccc(OCC(=O)O)c(Br)c3)c(=O)n2[C@H]1c1ccc(OC)cc1. The van der Waals surface area contributed by atoms with E-state index in [9.17, 15) is 14.4 Å². The van der Waals surface area contributed by atoms with Gasteiger partial charge in [0.1, 0.15) is 11.5 Å². The maximum Gasteiger partial charge on any atom is 0.341 e. The summed E-state index contributed by atoms with van der Waals surface area (Å²) < 4.78 is 18.3. The molecule has 0 aliphatic carbocycles. The fourth-order valence-electron chi connectivity index (χ4n) is 3.91. The van der Waals surface area contributed by atoms with Gasteiger partial charge in [-0.25, -0.2) is 14.6 Å². The van der Waals surface area contributed by atoms with Crippen LogP contribution in [0.3, 0.4) is 0 Å². The predicted octanol–water partition coefficient (Wildman–Crippen LogP) is 3.03. The van der Waals surface area contributed by atoms with Crippen molar-refractivity contribution in [2.45, 2.75) is 19.9 Å². The van der Waals surface area contributed by atoms with Crippen molar-refractivity contribution in [3.8, 4) is 11.5 Å². The number of carboxylic acid groups (broad SMARTS) is 1. The first-order chi connectivity index (χ1) is 17.7. The molecule has 0 saturated carbocycles. The van der Waals surface area contributed by atoms with Gasteiger partial charge in [0.15, 0.2) is 11.4 Å². The molecule has 0 bridgehead atoms. The molecule has 37 heavy (non-hydrogen) atoms. The van der Waals surface area contributed by atoms with Gasteiger partial charge in [0.05, 0.1) is 40.0 Å². The van der Waals surface area contributed by atoms with Crippen molar-refractivity contribution < 1.29 is 28.9 Å². The molecule has 0 spiro atoms. The summed E-state index contributed by atoms with van der Waals surface area (Å²) in [4.78, 5) is 42.4. The highest BCUT2D eigenvalue weighted by molar-refractivity contribution is 9.10. The van der Waals surface area contributed by atoms with Gasteiger partial charge in [-0.1, -0.05) is 29.5 Å². The van der Waals surface area contributed by atoms with E-state index in [-0.39, 0.29) is 12.2 Å². The van der Waals surface area contributed by atoms with Gasteiger partial charge >= 0.3 is 11.9 Å². The van der Waals surface area contributed by atoms with Crippen molar-refractivity contribution in [2.75, 3.05) is 20.3 Å². The smallest absolute Gasteiger partial charge is 0.341 e. The highest BCUT2D eigenvalue weighted by Crippen LogP contribution is 2.31. The lowest BCUT2D eigenvalue weighted by atomic mass is 9.96. The van der Waals surface area contributed by atoms with Crippen LogP contribution in [0.25, 0.3) is 6.08 Å². The number of carbonyl (C=O) groups excluding carboxylic acids is 1. The van der Waals surface area contributed by atoms with Crippen LogP contribution in [0.4, 0.5) is 0 Å². The summed E-state index contributed by atoms with van der Waals surface area (Å²) >= 11 is 4.59. The van der Waals surface area contributed by atoms with Crippen molar-refractivity contribution in [3.05, 3.63) is 89.0 Å². The lowest BCUT2D eigenvalue weighted by Gasteiger charge is -2.24. The molecule has 11 heteroatoms. The molecular formula is C26H23BrN2O7S. The number of allylic oxidation sites excluding steroid dienone is 1. The van der Waals surface area contributed by atoms with Crippen LogP contribution in [0.2, 0.25) is 0 Å². The van der Waals surface area contributed by atoms with E-state index >= 15 is 0 Å².